The molecule has 0 amide bonds. The van der Waals surface area contributed by atoms with E-state index in [1.807, 2.05) is 0 Å². The van der Waals surface area contributed by atoms with E-state index < -0.39 is 23.8 Å². The highest BCUT2D eigenvalue weighted by Gasteiger charge is 2.60. The summed E-state index contributed by atoms with van der Waals surface area (Å²) in [4.78, 5) is 9.66. The van der Waals surface area contributed by atoms with E-state index in [4.69, 9.17) is 38.4 Å². The highest BCUT2D eigenvalue weighted by molar-refractivity contribution is 5.92. The monoisotopic (exact) mass is 426 g/mol. The predicted molar refractivity (Wildman–Crippen MR) is 114 cm³/mol. The first kappa shape index (κ1) is 23.4. The summed E-state index contributed by atoms with van der Waals surface area (Å²) in [6, 6.07) is 0.0464. The highest BCUT2D eigenvalue weighted by atomic mass is 16.8. The van der Waals surface area contributed by atoms with Crippen molar-refractivity contribution in [2.24, 2.45) is 20.8 Å². The molecule has 0 saturated carbocycles. The van der Waals surface area contributed by atoms with E-state index in [0.717, 1.165) is 0 Å². The lowest BCUT2D eigenvalue weighted by molar-refractivity contribution is -0.433. The van der Waals surface area contributed by atoms with E-state index >= 15 is 0 Å². The van der Waals surface area contributed by atoms with Gasteiger partial charge in [-0.1, -0.05) is 41.5 Å². The third-order valence-corrected chi connectivity index (χ3v) is 6.41. The van der Waals surface area contributed by atoms with Crippen molar-refractivity contribution in [2.75, 3.05) is 27.4 Å². The van der Waals surface area contributed by atoms with Crippen molar-refractivity contribution < 1.29 is 28.4 Å². The maximum Gasteiger partial charge on any atom is 0.221 e. The van der Waals surface area contributed by atoms with Gasteiger partial charge in [0.15, 0.2) is 12.2 Å². The van der Waals surface area contributed by atoms with Gasteiger partial charge in [-0.05, 0) is 24.7 Å². The standard InChI is InChI=1S/C22H38N2O6/c1-19(2,3)13-11-27-17(23-13)15-16(18-24-14(12-28-18)20(4,5)6)30-22(8,26-10)21(7,25-9)29-15/h13-16H,11-12H2,1-10H3/t13-,14-,15-,16-,21-,22-/m1/s1. The van der Waals surface area contributed by atoms with Crippen LogP contribution in [0, 0.1) is 10.8 Å². The van der Waals surface area contributed by atoms with E-state index in [9.17, 15) is 0 Å². The van der Waals surface area contributed by atoms with E-state index in [-0.39, 0.29) is 22.9 Å². The van der Waals surface area contributed by atoms with Crippen LogP contribution in [0.1, 0.15) is 55.4 Å². The molecule has 8 heteroatoms. The molecule has 0 aromatic carbocycles. The van der Waals surface area contributed by atoms with Crippen LogP contribution in [0.3, 0.4) is 0 Å². The van der Waals surface area contributed by atoms with Crippen LogP contribution in [0.15, 0.2) is 9.98 Å². The average molecular weight is 427 g/mol. The zero-order valence-corrected chi connectivity index (χ0v) is 20.1. The normalized spacial score (nSPS) is 39.9. The molecule has 0 spiro atoms. The van der Waals surface area contributed by atoms with Crippen molar-refractivity contribution >= 4 is 11.8 Å². The lowest BCUT2D eigenvalue weighted by Crippen LogP contribution is -2.68. The van der Waals surface area contributed by atoms with Crippen molar-refractivity contribution in [1.29, 1.82) is 0 Å². The Morgan fingerprint density at radius 3 is 1.30 bits per heavy atom. The number of methoxy groups -OCH3 is 2. The Kier molecular flexibility index (Phi) is 6.04. The first-order chi connectivity index (χ1) is 13.7. The number of hydrogen-bond acceptors (Lipinski definition) is 8. The second kappa shape index (κ2) is 7.73. The molecular weight excluding hydrogens is 388 g/mol. The van der Waals surface area contributed by atoms with Crippen LogP contribution in [0.4, 0.5) is 0 Å². The summed E-state index contributed by atoms with van der Waals surface area (Å²) in [6.45, 7) is 17.4. The molecule has 3 aliphatic heterocycles. The lowest BCUT2D eigenvalue weighted by atomic mass is 9.88. The minimum Gasteiger partial charge on any atom is -0.477 e. The molecule has 30 heavy (non-hydrogen) atoms. The van der Waals surface area contributed by atoms with Gasteiger partial charge in [-0.15, -0.1) is 0 Å². The largest absolute Gasteiger partial charge is 0.477 e. The summed E-state index contributed by atoms with van der Waals surface area (Å²) in [7, 11) is 3.12. The molecule has 3 heterocycles. The average Bonchev–Trinajstić information content (AvgIpc) is 3.32. The van der Waals surface area contributed by atoms with Crippen LogP contribution in [-0.4, -0.2) is 75.1 Å². The highest BCUT2D eigenvalue weighted by Crippen LogP contribution is 2.42. The smallest absolute Gasteiger partial charge is 0.221 e. The minimum atomic E-state index is -1.18. The number of ether oxygens (including phenoxy) is 6. The summed E-state index contributed by atoms with van der Waals surface area (Å²) >= 11 is 0. The van der Waals surface area contributed by atoms with Gasteiger partial charge in [-0.25, -0.2) is 9.98 Å². The maximum absolute atomic E-state index is 6.43. The van der Waals surface area contributed by atoms with Gasteiger partial charge >= 0.3 is 0 Å². The molecule has 1 fully saturated rings. The van der Waals surface area contributed by atoms with Gasteiger partial charge in [0.05, 0.1) is 12.1 Å². The number of aliphatic imine (C=N–C) groups is 2. The van der Waals surface area contributed by atoms with Gasteiger partial charge in [0.1, 0.15) is 13.2 Å². The molecule has 0 aromatic heterocycles. The molecule has 3 rings (SSSR count). The van der Waals surface area contributed by atoms with E-state index in [1.54, 1.807) is 28.1 Å². The van der Waals surface area contributed by atoms with Crippen molar-refractivity contribution in [3.63, 3.8) is 0 Å². The van der Waals surface area contributed by atoms with Gasteiger partial charge in [0.2, 0.25) is 23.4 Å². The second-order valence-electron chi connectivity index (χ2n) is 10.7. The molecule has 6 atom stereocenters. The summed E-state index contributed by atoms with van der Waals surface area (Å²) in [5, 5.41) is 0. The van der Waals surface area contributed by atoms with E-state index in [1.165, 1.54) is 0 Å². The summed E-state index contributed by atoms with van der Waals surface area (Å²) in [5.74, 6) is -1.41. The predicted octanol–water partition coefficient (Wildman–Crippen LogP) is 3.18. The van der Waals surface area contributed by atoms with Crippen molar-refractivity contribution in [3.8, 4) is 0 Å². The first-order valence-corrected chi connectivity index (χ1v) is 10.6. The summed E-state index contributed by atoms with van der Waals surface area (Å²) in [5.41, 5.74) is -0.0613. The lowest BCUT2D eigenvalue weighted by Gasteiger charge is -2.51. The number of rotatable bonds is 4. The Labute approximate surface area is 180 Å². The van der Waals surface area contributed by atoms with Crippen molar-refractivity contribution in [3.05, 3.63) is 0 Å². The topological polar surface area (TPSA) is 80.1 Å². The molecule has 0 aliphatic carbocycles. The van der Waals surface area contributed by atoms with Crippen LogP contribution in [0.5, 0.6) is 0 Å². The Hall–Kier alpha value is -1.22. The molecule has 3 aliphatic rings. The quantitative estimate of drug-likeness (QED) is 0.687. The molecule has 8 nitrogen and oxygen atoms in total. The summed E-state index contributed by atoms with van der Waals surface area (Å²) in [6.07, 6.45) is -1.33. The van der Waals surface area contributed by atoms with E-state index in [2.05, 4.69) is 41.5 Å². The SMILES string of the molecule is CO[C@]1(C)O[C@@H](C2=N[C@@H](C(C)(C)C)CO2)[C@H](C2=N[C@@H](C(C)(C)C)CO2)O[C@@]1(C)OC. The fraction of sp³-hybridized carbons (Fsp3) is 0.909. The fourth-order valence-electron chi connectivity index (χ4n) is 3.63. The van der Waals surface area contributed by atoms with Crippen LogP contribution in [-0.2, 0) is 28.4 Å². The Balaban J connectivity index is 1.99. The van der Waals surface area contributed by atoms with Crippen LogP contribution in [0.2, 0.25) is 0 Å². The fourth-order valence-corrected chi connectivity index (χ4v) is 3.63. The van der Waals surface area contributed by atoms with Crippen LogP contribution < -0.4 is 0 Å². The summed E-state index contributed by atoms with van der Waals surface area (Å²) < 4.78 is 36.2. The van der Waals surface area contributed by atoms with Gasteiger partial charge < -0.3 is 28.4 Å². The van der Waals surface area contributed by atoms with Crippen molar-refractivity contribution in [1.82, 2.24) is 0 Å². The molecule has 0 unspecified atom stereocenters. The van der Waals surface area contributed by atoms with Crippen molar-refractivity contribution in [2.45, 2.75) is 91.3 Å². The number of nitrogens with zero attached hydrogens (tertiary/aromatic N) is 2. The molecule has 0 N–H and O–H groups in total. The third-order valence-electron chi connectivity index (χ3n) is 6.41. The van der Waals surface area contributed by atoms with Gasteiger partial charge in [0.25, 0.3) is 0 Å². The Morgan fingerprint density at radius 1 is 0.733 bits per heavy atom. The zero-order valence-electron chi connectivity index (χ0n) is 20.1. The molecule has 0 aromatic rings. The molecular formula is C22H38N2O6. The number of hydrogen-bond donors (Lipinski definition) is 0. The zero-order chi connectivity index (χ0) is 22.5. The maximum atomic E-state index is 6.43. The minimum absolute atomic E-state index is 0.0232. The Morgan fingerprint density at radius 2 is 1.07 bits per heavy atom. The third kappa shape index (κ3) is 4.11. The van der Waals surface area contributed by atoms with Crippen LogP contribution in [0.25, 0.3) is 0 Å². The van der Waals surface area contributed by atoms with Crippen LogP contribution >= 0.6 is 0 Å². The second-order valence-corrected chi connectivity index (χ2v) is 10.7. The Bertz CT molecular complexity index is 649. The van der Waals surface area contributed by atoms with Gasteiger partial charge in [0, 0.05) is 14.2 Å². The molecule has 172 valence electrons. The van der Waals surface area contributed by atoms with Gasteiger partial charge in [-0.3, -0.25) is 0 Å². The first-order valence-electron chi connectivity index (χ1n) is 10.6. The molecule has 1 saturated heterocycles. The molecule has 0 bridgehead atoms. The molecule has 0 radical (unpaired) electrons. The van der Waals surface area contributed by atoms with Gasteiger partial charge in [-0.2, -0.15) is 0 Å². The van der Waals surface area contributed by atoms with E-state index in [0.29, 0.717) is 25.0 Å².